The summed E-state index contributed by atoms with van der Waals surface area (Å²) in [5.74, 6) is 0. The maximum Gasteiger partial charge on any atom is 1.00 e. The Morgan fingerprint density at radius 3 is 2.38 bits per heavy atom. The first-order valence-electron chi connectivity index (χ1n) is 5.61. The smallest absolute Gasteiger partial charge is 0.448 e. The Bertz CT molecular complexity index is 239. The van der Waals surface area contributed by atoms with E-state index in [2.05, 4.69) is 4.90 Å². The van der Waals surface area contributed by atoms with Gasteiger partial charge in [-0.05, 0) is 39.3 Å². The maximum absolute atomic E-state index is 12.5. The van der Waals surface area contributed by atoms with E-state index < -0.39 is 13.4 Å². The van der Waals surface area contributed by atoms with Crippen molar-refractivity contribution in [3.8, 4) is 0 Å². The van der Waals surface area contributed by atoms with Crippen molar-refractivity contribution in [2.45, 2.75) is 31.3 Å². The second-order valence-corrected chi connectivity index (χ2v) is 4.84. The van der Waals surface area contributed by atoms with Gasteiger partial charge in [-0.3, -0.25) is 0 Å². The molecule has 2 unspecified atom stereocenters. The summed E-state index contributed by atoms with van der Waals surface area (Å²) in [6, 6.07) is 0.300. The summed E-state index contributed by atoms with van der Waals surface area (Å²) in [7, 11) is 2.00. The van der Waals surface area contributed by atoms with Crippen LogP contribution in [0.5, 0.6) is 0 Å². The zero-order chi connectivity index (χ0) is 11.1. The van der Waals surface area contributed by atoms with Gasteiger partial charge in [0.05, 0.1) is 0 Å². The molecule has 2 aliphatic heterocycles. The summed E-state index contributed by atoms with van der Waals surface area (Å²) < 4.78 is 37.4. The largest absolute Gasteiger partial charge is 1.00 e. The van der Waals surface area contributed by atoms with E-state index in [1.807, 2.05) is 7.05 Å². The van der Waals surface area contributed by atoms with Gasteiger partial charge in [0.1, 0.15) is 0 Å². The minimum Gasteiger partial charge on any atom is -0.448 e. The molecule has 2 saturated heterocycles. The number of hydrogen-bond donors (Lipinski definition) is 0. The molecule has 7 heteroatoms. The van der Waals surface area contributed by atoms with E-state index in [4.69, 9.17) is 0 Å². The van der Waals surface area contributed by atoms with Gasteiger partial charge in [0, 0.05) is 18.6 Å². The fourth-order valence-corrected chi connectivity index (χ4v) is 2.88. The van der Waals surface area contributed by atoms with Crippen molar-refractivity contribution in [3.63, 3.8) is 0 Å². The number of rotatable bonds is 2. The van der Waals surface area contributed by atoms with Gasteiger partial charge in [-0.2, -0.15) is 0 Å². The fraction of sp³-hybridized carbons (Fsp3) is 1.00. The van der Waals surface area contributed by atoms with Gasteiger partial charge in [-0.1, -0.05) is 0 Å². The van der Waals surface area contributed by atoms with Crippen LogP contribution in [-0.4, -0.2) is 55.4 Å². The van der Waals surface area contributed by atoms with Crippen molar-refractivity contribution < 1.29 is 64.3 Å². The first-order chi connectivity index (χ1) is 6.96. The van der Waals surface area contributed by atoms with Gasteiger partial charge in [0.25, 0.3) is 0 Å². The zero-order valence-electron chi connectivity index (χ0n) is 10.0. The first-order valence-corrected chi connectivity index (χ1v) is 5.61. The van der Waals surface area contributed by atoms with Crippen LogP contribution in [0, 0.1) is 0 Å². The molecule has 0 aromatic carbocycles. The van der Waals surface area contributed by atoms with Gasteiger partial charge < -0.3 is 22.7 Å². The van der Waals surface area contributed by atoms with Crippen LogP contribution in [0.4, 0.5) is 12.9 Å². The second-order valence-electron chi connectivity index (χ2n) is 4.84. The van der Waals surface area contributed by atoms with Crippen molar-refractivity contribution in [1.82, 2.24) is 9.80 Å². The number of likely N-dealkylation sites (tertiary alicyclic amines) is 1. The molecule has 0 N–H and O–H groups in total. The molecule has 88 valence electrons. The topological polar surface area (TPSA) is 6.48 Å². The average molecular weight is 260 g/mol. The molecule has 0 aliphatic carbocycles. The Morgan fingerprint density at radius 1 is 1.12 bits per heavy atom. The van der Waals surface area contributed by atoms with Crippen molar-refractivity contribution in [2.24, 2.45) is 0 Å². The van der Waals surface area contributed by atoms with Gasteiger partial charge in [-0.15, -0.1) is 0 Å². The molecule has 2 heterocycles. The van der Waals surface area contributed by atoms with E-state index in [0.29, 0.717) is 0 Å². The van der Waals surface area contributed by atoms with Crippen molar-refractivity contribution in [2.75, 3.05) is 26.6 Å². The quantitative estimate of drug-likeness (QED) is 0.560. The summed E-state index contributed by atoms with van der Waals surface area (Å²) in [5, 5.41) is 0. The van der Waals surface area contributed by atoms with Crippen LogP contribution in [0.2, 0.25) is 0 Å². The third-order valence-corrected chi connectivity index (χ3v) is 3.56. The summed E-state index contributed by atoms with van der Waals surface area (Å²) >= 11 is 0. The number of nitrogens with zero attached hydrogens (tertiary/aromatic N) is 2. The predicted molar refractivity (Wildman–Crippen MR) is 54.7 cm³/mol. The molecule has 2 aliphatic rings. The zero-order valence-corrected chi connectivity index (χ0v) is 13.1. The fourth-order valence-electron chi connectivity index (χ4n) is 2.88. The molecule has 0 saturated carbocycles. The van der Waals surface area contributed by atoms with Crippen LogP contribution in [0.25, 0.3) is 0 Å². The molecule has 2 rings (SSSR count). The molecular weight excluding hydrogens is 243 g/mol. The minimum absolute atomic E-state index is 0. The van der Waals surface area contributed by atoms with Crippen LogP contribution in [0.15, 0.2) is 0 Å². The third-order valence-electron chi connectivity index (χ3n) is 3.56. The molecule has 2 bridgehead atoms. The second kappa shape index (κ2) is 6.04. The summed E-state index contributed by atoms with van der Waals surface area (Å²) in [4.78, 5) is 3.85. The number of halogens is 3. The number of fused-ring (bicyclic) bond motifs is 2. The molecule has 0 amide bonds. The molecule has 2 nitrogen and oxygen atoms in total. The Kier molecular flexibility index (Phi) is 5.84. The normalized spacial score (nSPS) is 32.2. The Balaban J connectivity index is 0.00000128. The summed E-state index contributed by atoms with van der Waals surface area (Å²) in [5.41, 5.74) is 0. The van der Waals surface area contributed by atoms with Gasteiger partial charge >= 0.3 is 58.4 Å². The van der Waals surface area contributed by atoms with E-state index in [9.17, 15) is 12.9 Å². The van der Waals surface area contributed by atoms with Crippen molar-refractivity contribution >= 4 is 6.98 Å². The average Bonchev–Trinajstić information content (AvgIpc) is 2.33. The molecule has 2 atom stereocenters. The van der Waals surface area contributed by atoms with Gasteiger partial charge in [0.2, 0.25) is 0 Å². The Labute approximate surface area is 137 Å². The van der Waals surface area contributed by atoms with Crippen molar-refractivity contribution in [1.29, 1.82) is 0 Å². The molecule has 0 aromatic heterocycles. The Morgan fingerprint density at radius 2 is 1.75 bits per heavy atom. The molecule has 0 aromatic rings. The monoisotopic (exact) mass is 260 g/mol. The molecule has 2 fully saturated rings. The third kappa shape index (κ3) is 3.97. The van der Waals surface area contributed by atoms with E-state index in [-0.39, 0.29) is 63.5 Å². The van der Waals surface area contributed by atoms with Gasteiger partial charge in [0.15, 0.2) is 0 Å². The van der Waals surface area contributed by atoms with Crippen LogP contribution in [0.1, 0.15) is 19.3 Å². The van der Waals surface area contributed by atoms with E-state index in [1.54, 1.807) is 4.90 Å². The van der Waals surface area contributed by atoms with E-state index >= 15 is 0 Å². The minimum atomic E-state index is -4.67. The SMILES string of the molecule is CN1CCC2CCC(C1)N2C[B-](F)(F)F.[K+]. The van der Waals surface area contributed by atoms with E-state index in [0.717, 1.165) is 32.4 Å². The van der Waals surface area contributed by atoms with E-state index in [1.165, 1.54) is 0 Å². The summed E-state index contributed by atoms with van der Waals surface area (Å²) in [6.45, 7) is -2.94. The van der Waals surface area contributed by atoms with Crippen LogP contribution >= 0.6 is 0 Å². The molecule has 0 radical (unpaired) electrons. The van der Waals surface area contributed by atoms with Crippen molar-refractivity contribution in [3.05, 3.63) is 0 Å². The van der Waals surface area contributed by atoms with Crippen LogP contribution in [-0.2, 0) is 0 Å². The predicted octanol–water partition coefficient (Wildman–Crippen LogP) is -1.45. The molecular formula is C9H17BF3KN2. The van der Waals surface area contributed by atoms with Crippen LogP contribution < -0.4 is 51.4 Å². The Hall–Kier alpha value is 1.41. The number of likely N-dealkylation sites (N-methyl/N-ethyl adjacent to an activating group) is 1. The standard InChI is InChI=1S/C9H17BF3N2.K/c1-14-5-4-8-2-3-9(6-14)15(8)7-10(11,12)13;/h8-9H,2-7H2,1H3;/q-1;+1. The molecule has 0 spiro atoms. The molecule has 16 heavy (non-hydrogen) atoms. The van der Waals surface area contributed by atoms with Crippen LogP contribution in [0.3, 0.4) is 0 Å². The number of hydrogen-bond acceptors (Lipinski definition) is 2. The maximum atomic E-state index is 12.5. The summed E-state index contributed by atoms with van der Waals surface area (Å²) in [6.07, 6.45) is 2.11. The van der Waals surface area contributed by atoms with Gasteiger partial charge in [-0.25, -0.2) is 0 Å². The first kappa shape index (κ1) is 15.5.